The Balaban J connectivity index is 0.000000251. The number of aryl methyl sites for hydroxylation is 6. The number of rotatable bonds is 19. The van der Waals surface area contributed by atoms with Gasteiger partial charge in [0.15, 0.2) is 0 Å². The normalized spacial score (nSPS) is 12.0. The van der Waals surface area contributed by atoms with Gasteiger partial charge >= 0.3 is 16.1 Å². The monoisotopic (exact) mass is 1090 g/mol. The number of hydrogen-bond acceptors (Lipinski definition) is 9. The minimum absolute atomic E-state index is 0.0275. The summed E-state index contributed by atoms with van der Waals surface area (Å²) < 4.78 is 83.8. The summed E-state index contributed by atoms with van der Waals surface area (Å²) in [6.45, 7) is 28.3. The van der Waals surface area contributed by atoms with Gasteiger partial charge in [-0.1, -0.05) is 158 Å². The van der Waals surface area contributed by atoms with E-state index in [1.165, 1.54) is 4.08 Å². The minimum atomic E-state index is -4.10. The highest BCUT2D eigenvalue weighted by molar-refractivity contribution is 8.47. The van der Waals surface area contributed by atoms with Crippen LogP contribution in [0, 0.1) is 41.5 Å². The lowest BCUT2D eigenvalue weighted by Crippen LogP contribution is -2.30. The molecule has 0 heterocycles. The van der Waals surface area contributed by atoms with Crippen LogP contribution in [0.4, 0.5) is 5.69 Å². The summed E-state index contributed by atoms with van der Waals surface area (Å²) in [6.07, 6.45) is 0. The van der Waals surface area contributed by atoms with Gasteiger partial charge in [-0.25, -0.2) is 16.8 Å². The first-order chi connectivity index (χ1) is 35.3. The molecule has 10 nitrogen and oxygen atoms in total. The van der Waals surface area contributed by atoms with Crippen molar-refractivity contribution in [3.05, 3.63) is 207 Å². The third-order valence-corrected chi connectivity index (χ3v) is 20.5. The third kappa shape index (κ3) is 15.0. The minimum Gasteiger partial charge on any atom is -0.427 e. The van der Waals surface area contributed by atoms with Gasteiger partial charge in [0.2, 0.25) is 0 Å². The second-order valence-electron chi connectivity index (χ2n) is 20.4. The summed E-state index contributed by atoms with van der Waals surface area (Å²) in [6, 6.07) is 44.7. The summed E-state index contributed by atoms with van der Waals surface area (Å²) in [5.41, 5.74) is 17.3. The van der Waals surface area contributed by atoms with Crippen LogP contribution in [0.2, 0.25) is 0 Å². The van der Waals surface area contributed by atoms with Gasteiger partial charge < -0.3 is 23.8 Å². The maximum Gasteiger partial charge on any atom is 0.426 e. The maximum absolute atomic E-state index is 14.5. The van der Waals surface area contributed by atoms with Gasteiger partial charge in [0, 0.05) is 5.69 Å². The second-order valence-corrected chi connectivity index (χ2v) is 28.4. The van der Waals surface area contributed by atoms with Crippen molar-refractivity contribution in [2.45, 2.75) is 137 Å². The molecular weight excluding hydrogens is 1010 g/mol. The van der Waals surface area contributed by atoms with Crippen LogP contribution in [-0.2, 0) is 26.0 Å². The number of benzene rings is 7. The van der Waals surface area contributed by atoms with Crippen LogP contribution in [0.25, 0.3) is 0 Å². The van der Waals surface area contributed by atoms with Gasteiger partial charge in [0.25, 0.3) is 19.5 Å². The molecule has 75 heavy (non-hydrogen) atoms. The number of nitrogen functional groups attached to an aromatic ring is 1. The van der Waals surface area contributed by atoms with Gasteiger partial charge in [-0.3, -0.25) is 0 Å². The van der Waals surface area contributed by atoms with Crippen LogP contribution < -0.4 is 23.8 Å². The molecule has 0 radical (unpaired) electrons. The average molecular weight is 1090 g/mol. The molecule has 0 saturated carbocycles. The van der Waals surface area contributed by atoms with Gasteiger partial charge in [-0.15, -0.1) is 4.08 Å². The molecule has 0 aromatic heterocycles. The van der Waals surface area contributed by atoms with E-state index in [4.69, 9.17) is 23.8 Å². The first-order valence-electron chi connectivity index (χ1n) is 25.3. The maximum atomic E-state index is 14.5. The van der Waals surface area contributed by atoms with Crippen molar-refractivity contribution in [1.29, 1.82) is 0 Å². The highest BCUT2D eigenvalue weighted by Gasteiger charge is 2.40. The van der Waals surface area contributed by atoms with E-state index < -0.39 is 35.6 Å². The summed E-state index contributed by atoms with van der Waals surface area (Å²) >= 11 is 0. The second kappa shape index (κ2) is 25.4. The van der Waals surface area contributed by atoms with Gasteiger partial charge in [-0.05, 0) is 170 Å². The molecule has 0 aliphatic heterocycles. The van der Waals surface area contributed by atoms with Crippen LogP contribution in [-0.4, -0.2) is 20.9 Å². The molecule has 0 fully saturated rings. The first-order valence-corrected chi connectivity index (χ1v) is 31.2. The van der Waals surface area contributed by atoms with E-state index in [0.717, 1.165) is 55.6 Å². The van der Waals surface area contributed by atoms with Crippen molar-refractivity contribution in [1.82, 2.24) is 4.08 Å². The molecule has 7 aromatic carbocycles. The molecule has 0 atom stereocenters. The summed E-state index contributed by atoms with van der Waals surface area (Å²) in [5, 5.41) is 0. The molecule has 398 valence electrons. The lowest BCUT2D eigenvalue weighted by molar-refractivity contribution is 0.412. The molecule has 0 unspecified atom stereocenters. The molecule has 7 aromatic rings. The first kappa shape index (κ1) is 58.5. The molecule has 2 N–H and O–H groups in total. The molecule has 0 aliphatic rings. The van der Waals surface area contributed by atoms with Crippen LogP contribution in [0.3, 0.4) is 0 Å². The standard InChI is InChI=1S/C34H41N2O4PS.C27H33O4PS/c1-23(2)30-18-14-26(6)20-33(30)39-41(40-34-21-27(7)15-19-31(34)24(3)4)36(22-28-10-8-9-11-32(28)35)42(37,38)29-16-12-25(5)13-17-29;1-18(2)24-14-10-21(6)16-26(24)30-32(33(28,29)23-12-8-20(5)9-13-23)31-27-17-22(7)11-15-25(27)19(3)4/h8-21,23-24H,22,35H2,1-7H3;8-19H,1-7H3. The smallest absolute Gasteiger partial charge is 0.426 e. The summed E-state index contributed by atoms with van der Waals surface area (Å²) in [4.78, 5) is 0.348. The van der Waals surface area contributed by atoms with E-state index >= 15 is 0 Å². The predicted octanol–water partition coefficient (Wildman–Crippen LogP) is 17.0. The molecule has 0 bridgehead atoms. The van der Waals surface area contributed by atoms with Crippen molar-refractivity contribution in [3.8, 4) is 23.0 Å². The van der Waals surface area contributed by atoms with Gasteiger partial charge in [0.1, 0.15) is 23.0 Å². The molecule has 0 amide bonds. The molecule has 0 spiro atoms. The Hall–Kier alpha value is -5.74. The highest BCUT2D eigenvalue weighted by Crippen LogP contribution is 2.53. The summed E-state index contributed by atoms with van der Waals surface area (Å²) in [7, 11) is -12.6. The van der Waals surface area contributed by atoms with Crippen LogP contribution in [0.1, 0.15) is 140 Å². The molecule has 14 heteroatoms. The average Bonchev–Trinajstić information content (AvgIpc) is 3.33. The fraction of sp³-hybridized carbons (Fsp3) is 0.311. The van der Waals surface area contributed by atoms with E-state index in [-0.39, 0.29) is 40.0 Å². The van der Waals surface area contributed by atoms with Gasteiger partial charge in [-0.2, -0.15) is 0 Å². The Bertz CT molecular complexity index is 3170. The third-order valence-electron chi connectivity index (χ3n) is 12.5. The van der Waals surface area contributed by atoms with Crippen LogP contribution >= 0.6 is 16.1 Å². The molecule has 7 rings (SSSR count). The highest BCUT2D eigenvalue weighted by atomic mass is 32.8. The number of nitrogens with zero attached hydrogens (tertiary/aromatic N) is 1. The number of hydrogen-bond donors (Lipinski definition) is 1. The summed E-state index contributed by atoms with van der Waals surface area (Å²) in [5.74, 6) is 2.93. The molecule has 0 saturated heterocycles. The number of para-hydroxylation sites is 1. The number of nitrogens with two attached hydrogens (primary N) is 1. The fourth-order valence-corrected chi connectivity index (χ4v) is 14.9. The largest absolute Gasteiger partial charge is 0.427 e. The van der Waals surface area contributed by atoms with E-state index in [1.54, 1.807) is 54.6 Å². The van der Waals surface area contributed by atoms with Crippen molar-refractivity contribution >= 4 is 41.3 Å². The Labute approximate surface area is 450 Å². The Kier molecular flexibility index (Phi) is 19.8. The van der Waals surface area contributed by atoms with Crippen molar-refractivity contribution in [2.75, 3.05) is 5.73 Å². The number of sulfonamides is 1. The van der Waals surface area contributed by atoms with E-state index in [0.29, 0.717) is 34.2 Å². The van der Waals surface area contributed by atoms with E-state index in [9.17, 15) is 16.8 Å². The lowest BCUT2D eigenvalue weighted by atomic mass is 10.0. The van der Waals surface area contributed by atoms with Crippen LogP contribution in [0.15, 0.2) is 155 Å². The zero-order valence-corrected chi connectivity index (χ0v) is 49.3. The SMILES string of the molecule is Cc1ccc(S(=O)(=O)N(Cc2ccccc2N)P(Oc2cc(C)ccc2C(C)C)Oc2cc(C)ccc2C(C)C)cc1.Cc1ccc(S(=O)(=O)P(Oc2cc(C)ccc2C(C)C)Oc2cc(C)ccc2C(C)C)cc1. The Morgan fingerprint density at radius 1 is 0.427 bits per heavy atom. The lowest BCUT2D eigenvalue weighted by Gasteiger charge is -2.31. The molecular formula is C61H74N2O8P2S2. The predicted molar refractivity (Wildman–Crippen MR) is 311 cm³/mol. The number of anilines is 1. The molecule has 0 aliphatic carbocycles. The zero-order chi connectivity index (χ0) is 54.9. The van der Waals surface area contributed by atoms with Crippen molar-refractivity contribution in [3.63, 3.8) is 0 Å². The van der Waals surface area contributed by atoms with Crippen molar-refractivity contribution < 1.29 is 34.9 Å². The fourth-order valence-electron chi connectivity index (χ4n) is 8.03. The van der Waals surface area contributed by atoms with Crippen LogP contribution in [0.5, 0.6) is 23.0 Å². The zero-order valence-electron chi connectivity index (χ0n) is 45.9. The van der Waals surface area contributed by atoms with E-state index in [2.05, 4.69) is 55.4 Å². The van der Waals surface area contributed by atoms with Crippen molar-refractivity contribution in [2.24, 2.45) is 0 Å². The quantitative estimate of drug-likeness (QED) is 0.0620. The Morgan fingerprint density at radius 3 is 1.09 bits per heavy atom. The topological polar surface area (TPSA) is 134 Å². The Morgan fingerprint density at radius 2 is 0.747 bits per heavy atom. The van der Waals surface area contributed by atoms with Gasteiger partial charge in [0.05, 0.1) is 16.3 Å². The van der Waals surface area contributed by atoms with E-state index in [1.807, 2.05) is 133 Å².